The van der Waals surface area contributed by atoms with Crippen molar-refractivity contribution in [1.82, 2.24) is 5.32 Å². The number of nitrogens with zero attached hydrogens (tertiary/aromatic N) is 1. The first kappa shape index (κ1) is 21.8. The molecule has 0 aliphatic carbocycles. The Morgan fingerprint density at radius 2 is 1.87 bits per heavy atom. The number of benzene rings is 2. The Hall–Kier alpha value is -2.88. The predicted octanol–water partition coefficient (Wildman–Crippen LogP) is 3.29. The van der Waals surface area contributed by atoms with E-state index in [-0.39, 0.29) is 27.1 Å². The van der Waals surface area contributed by atoms with E-state index in [9.17, 15) is 19.2 Å². The first-order chi connectivity index (χ1) is 14.2. The topological polar surface area (TPSA) is 119 Å². The monoisotopic (exact) mass is 511 g/mol. The van der Waals surface area contributed by atoms with Crippen molar-refractivity contribution in [3.63, 3.8) is 0 Å². The predicted molar refractivity (Wildman–Crippen MR) is 114 cm³/mol. The number of carbonyl (C=O) groups is 4. The number of hydrogen-bond donors (Lipinski definition) is 2. The summed E-state index contributed by atoms with van der Waals surface area (Å²) in [4.78, 5) is 49.4. The highest BCUT2D eigenvalue weighted by Gasteiger charge is 2.37. The van der Waals surface area contributed by atoms with Gasteiger partial charge in [0.05, 0.1) is 15.7 Å². The Kier molecular flexibility index (Phi) is 6.45. The quantitative estimate of drug-likeness (QED) is 0.470. The van der Waals surface area contributed by atoms with Gasteiger partial charge >= 0.3 is 6.03 Å². The molecule has 154 valence electrons. The van der Waals surface area contributed by atoms with Crippen LogP contribution in [-0.4, -0.2) is 30.4 Å². The number of hydrogen-bond acceptors (Lipinski definition) is 5. The average Bonchev–Trinajstić information content (AvgIpc) is 2.67. The second-order valence-electron chi connectivity index (χ2n) is 5.99. The number of carbonyl (C=O) groups excluding carboxylic acids is 4. The van der Waals surface area contributed by atoms with Gasteiger partial charge in [-0.05, 0) is 42.5 Å². The summed E-state index contributed by atoms with van der Waals surface area (Å²) in [5.74, 6) is -2.24. The Labute approximate surface area is 188 Å². The minimum absolute atomic E-state index is 0.129. The highest BCUT2D eigenvalue weighted by atomic mass is 79.9. The largest absolute Gasteiger partial charge is 0.483 e. The third kappa shape index (κ3) is 4.64. The number of ether oxygens (including phenoxy) is 1. The number of rotatable bonds is 5. The molecule has 0 radical (unpaired) electrons. The SMILES string of the molecule is NC(=O)COc1ccc(Br)cc1/C=C1\C(=O)NC(=O)N(c2ccc(Cl)c(Cl)c2)C1=O. The van der Waals surface area contributed by atoms with E-state index in [1.165, 1.54) is 30.3 Å². The van der Waals surface area contributed by atoms with E-state index in [1.807, 2.05) is 0 Å². The standard InChI is InChI=1S/C19H12BrCl2N3O5/c20-10-1-4-15(30-8-16(23)26)9(5-10)6-12-17(27)24-19(29)25(18(12)28)11-2-3-13(21)14(22)7-11/h1-7H,8H2,(H2,23,26)(H,24,27,29)/b12-6+. The van der Waals surface area contributed by atoms with Gasteiger partial charge in [0.25, 0.3) is 17.7 Å². The summed E-state index contributed by atoms with van der Waals surface area (Å²) >= 11 is 15.2. The molecule has 0 aromatic heterocycles. The zero-order chi connectivity index (χ0) is 22.0. The fourth-order valence-electron chi connectivity index (χ4n) is 2.58. The van der Waals surface area contributed by atoms with Crippen LogP contribution in [0.15, 0.2) is 46.4 Å². The molecule has 1 fully saturated rings. The lowest BCUT2D eigenvalue weighted by atomic mass is 10.1. The van der Waals surface area contributed by atoms with E-state index >= 15 is 0 Å². The summed E-state index contributed by atoms with van der Waals surface area (Å²) in [5.41, 5.74) is 5.21. The summed E-state index contributed by atoms with van der Waals surface area (Å²) in [6.07, 6.45) is 1.25. The molecule has 0 atom stereocenters. The van der Waals surface area contributed by atoms with Gasteiger partial charge in [-0.3, -0.25) is 19.7 Å². The molecule has 11 heteroatoms. The molecule has 2 aromatic carbocycles. The number of imide groups is 2. The smallest absolute Gasteiger partial charge is 0.335 e. The van der Waals surface area contributed by atoms with Gasteiger partial charge in [-0.1, -0.05) is 39.1 Å². The van der Waals surface area contributed by atoms with Crippen molar-refractivity contribution in [3.8, 4) is 5.75 Å². The molecule has 30 heavy (non-hydrogen) atoms. The van der Waals surface area contributed by atoms with Crippen LogP contribution in [0.1, 0.15) is 5.56 Å². The first-order valence-electron chi connectivity index (χ1n) is 8.24. The van der Waals surface area contributed by atoms with E-state index in [0.717, 1.165) is 4.90 Å². The summed E-state index contributed by atoms with van der Waals surface area (Å²) in [5, 5.41) is 2.47. The highest BCUT2D eigenvalue weighted by molar-refractivity contribution is 9.10. The van der Waals surface area contributed by atoms with Crippen LogP contribution in [0.2, 0.25) is 10.0 Å². The van der Waals surface area contributed by atoms with Gasteiger partial charge < -0.3 is 10.5 Å². The Morgan fingerprint density at radius 1 is 1.13 bits per heavy atom. The molecule has 1 aliphatic heterocycles. The third-order valence-corrected chi connectivity index (χ3v) is 5.14. The van der Waals surface area contributed by atoms with E-state index in [0.29, 0.717) is 10.0 Å². The highest BCUT2D eigenvalue weighted by Crippen LogP contribution is 2.31. The normalized spacial score (nSPS) is 15.4. The zero-order valence-corrected chi connectivity index (χ0v) is 18.0. The number of urea groups is 1. The molecule has 0 saturated carbocycles. The molecule has 5 amide bonds. The Morgan fingerprint density at radius 3 is 2.53 bits per heavy atom. The molecular formula is C19H12BrCl2N3O5. The summed E-state index contributed by atoms with van der Waals surface area (Å²) < 4.78 is 5.96. The number of nitrogens with one attached hydrogen (secondary N) is 1. The lowest BCUT2D eigenvalue weighted by molar-refractivity contribution is -0.123. The summed E-state index contributed by atoms with van der Waals surface area (Å²) in [7, 11) is 0. The minimum atomic E-state index is -0.931. The van der Waals surface area contributed by atoms with Gasteiger partial charge in [0.1, 0.15) is 11.3 Å². The maximum atomic E-state index is 13.0. The maximum Gasteiger partial charge on any atom is 0.335 e. The van der Waals surface area contributed by atoms with Gasteiger partial charge in [-0.15, -0.1) is 0 Å². The summed E-state index contributed by atoms with van der Waals surface area (Å²) in [6, 6.07) is 7.99. The first-order valence-corrected chi connectivity index (χ1v) is 9.79. The van der Waals surface area contributed by atoms with Gasteiger partial charge in [0.2, 0.25) is 0 Å². The van der Waals surface area contributed by atoms with Gasteiger partial charge in [-0.25, -0.2) is 9.69 Å². The number of barbiturate groups is 1. The van der Waals surface area contributed by atoms with E-state index in [4.69, 9.17) is 33.7 Å². The molecule has 1 saturated heterocycles. The van der Waals surface area contributed by atoms with E-state index < -0.39 is 30.4 Å². The molecule has 3 N–H and O–H groups in total. The number of amides is 5. The van der Waals surface area contributed by atoms with Crippen LogP contribution in [0.25, 0.3) is 6.08 Å². The van der Waals surface area contributed by atoms with Crippen LogP contribution in [0, 0.1) is 0 Å². The molecule has 3 rings (SSSR count). The van der Waals surface area contributed by atoms with Crippen molar-refractivity contribution in [2.24, 2.45) is 5.73 Å². The van der Waals surface area contributed by atoms with E-state index in [2.05, 4.69) is 21.2 Å². The molecule has 0 unspecified atom stereocenters. The molecule has 2 aromatic rings. The average molecular weight is 513 g/mol. The van der Waals surface area contributed by atoms with Crippen molar-refractivity contribution in [2.75, 3.05) is 11.5 Å². The Bertz CT molecular complexity index is 1120. The minimum Gasteiger partial charge on any atom is -0.483 e. The number of nitrogens with two attached hydrogens (primary N) is 1. The molecule has 1 heterocycles. The fourth-order valence-corrected chi connectivity index (χ4v) is 3.26. The van der Waals surface area contributed by atoms with Crippen LogP contribution >= 0.6 is 39.1 Å². The maximum absolute atomic E-state index is 13.0. The lowest BCUT2D eigenvalue weighted by Gasteiger charge is -2.26. The van der Waals surface area contributed by atoms with Gasteiger partial charge in [-0.2, -0.15) is 0 Å². The number of anilines is 1. The molecule has 8 nitrogen and oxygen atoms in total. The fraction of sp³-hybridized carbons (Fsp3) is 0.0526. The van der Waals surface area contributed by atoms with Crippen molar-refractivity contribution in [3.05, 3.63) is 62.1 Å². The van der Waals surface area contributed by atoms with Crippen LogP contribution in [0.3, 0.4) is 0 Å². The van der Waals surface area contributed by atoms with Gasteiger partial charge in [0.15, 0.2) is 6.61 Å². The zero-order valence-electron chi connectivity index (χ0n) is 14.9. The second-order valence-corrected chi connectivity index (χ2v) is 7.72. The summed E-state index contributed by atoms with van der Waals surface area (Å²) in [6.45, 7) is -0.397. The van der Waals surface area contributed by atoms with Crippen molar-refractivity contribution in [1.29, 1.82) is 0 Å². The van der Waals surface area contributed by atoms with Crippen molar-refractivity contribution in [2.45, 2.75) is 0 Å². The van der Waals surface area contributed by atoms with Crippen LogP contribution < -0.4 is 20.7 Å². The van der Waals surface area contributed by atoms with Crippen LogP contribution in [-0.2, 0) is 14.4 Å². The molecule has 1 aliphatic rings. The van der Waals surface area contributed by atoms with Crippen molar-refractivity contribution >= 4 is 74.6 Å². The van der Waals surface area contributed by atoms with Crippen molar-refractivity contribution < 1.29 is 23.9 Å². The van der Waals surface area contributed by atoms with Crippen LogP contribution in [0.4, 0.5) is 10.5 Å². The van der Waals surface area contributed by atoms with Gasteiger partial charge in [0, 0.05) is 10.0 Å². The van der Waals surface area contributed by atoms with Crippen LogP contribution in [0.5, 0.6) is 5.75 Å². The lowest BCUT2D eigenvalue weighted by Crippen LogP contribution is -2.54. The Balaban J connectivity index is 2.03. The molecular weight excluding hydrogens is 501 g/mol. The van der Waals surface area contributed by atoms with E-state index in [1.54, 1.807) is 12.1 Å². The number of primary amides is 1. The molecule has 0 spiro atoms. The number of halogens is 3. The molecule has 0 bridgehead atoms. The third-order valence-electron chi connectivity index (χ3n) is 3.90. The second kappa shape index (κ2) is 8.86.